The van der Waals surface area contributed by atoms with E-state index in [4.69, 9.17) is 0 Å². The number of hydrogen-bond acceptors (Lipinski definition) is 3. The Morgan fingerprint density at radius 3 is 2.60 bits per heavy atom. The van der Waals surface area contributed by atoms with Gasteiger partial charge in [-0.3, -0.25) is 0 Å². The Hall–Kier alpha value is -1.26. The number of nitrogens with one attached hydrogen (secondary N) is 1. The van der Waals surface area contributed by atoms with E-state index in [1.807, 2.05) is 24.3 Å². The number of hydrogen-bond donors (Lipinski definition) is 2. The van der Waals surface area contributed by atoms with Gasteiger partial charge in [0.25, 0.3) is 0 Å². The van der Waals surface area contributed by atoms with E-state index in [9.17, 15) is 5.11 Å². The number of aliphatic hydroxyl groups is 1. The van der Waals surface area contributed by atoms with Gasteiger partial charge >= 0.3 is 0 Å². The molecule has 2 aromatic rings. The number of aromatic nitrogens is 2. The van der Waals surface area contributed by atoms with Crippen LogP contribution in [0.25, 0.3) is 0 Å². The molecule has 2 N–H and O–H groups in total. The highest BCUT2D eigenvalue weighted by atomic mass is 32.2. The minimum absolute atomic E-state index is 0.410. The van der Waals surface area contributed by atoms with E-state index < -0.39 is 6.10 Å². The second-order valence-electron chi connectivity index (χ2n) is 3.24. The number of H-pyrrole nitrogens is 1. The topological polar surface area (TPSA) is 48.9 Å². The van der Waals surface area contributed by atoms with E-state index in [1.54, 1.807) is 31.1 Å². The molecule has 1 aromatic carbocycles. The molecule has 0 saturated heterocycles. The maximum atomic E-state index is 9.35. The molecule has 0 amide bonds. The Labute approximate surface area is 92.6 Å². The minimum Gasteiger partial charge on any atom is -0.389 e. The summed E-state index contributed by atoms with van der Waals surface area (Å²) < 4.78 is 0. The lowest BCUT2D eigenvalue weighted by Gasteiger charge is -2.04. The third-order valence-corrected chi connectivity index (χ3v) is 2.97. The summed E-state index contributed by atoms with van der Waals surface area (Å²) in [6.45, 7) is 1.76. The predicted octanol–water partition coefficient (Wildman–Crippen LogP) is 2.61. The highest BCUT2D eigenvalue weighted by molar-refractivity contribution is 7.99. The monoisotopic (exact) mass is 220 g/mol. The maximum absolute atomic E-state index is 9.35. The highest BCUT2D eigenvalue weighted by Gasteiger charge is 2.02. The standard InChI is InChI=1S/C11H12N2OS/c1-8(14)9-2-4-10(5-3-9)15-11-12-6-7-13-11/h2-8,14H,1H3,(H,12,13)/t8-/m0/s1. The van der Waals surface area contributed by atoms with Gasteiger partial charge in [0.2, 0.25) is 0 Å². The molecule has 1 atom stereocenters. The van der Waals surface area contributed by atoms with Gasteiger partial charge in [0.1, 0.15) is 0 Å². The van der Waals surface area contributed by atoms with Gasteiger partial charge in [0.05, 0.1) is 6.10 Å². The summed E-state index contributed by atoms with van der Waals surface area (Å²) in [6.07, 6.45) is 3.12. The van der Waals surface area contributed by atoms with Crippen molar-refractivity contribution in [1.29, 1.82) is 0 Å². The Morgan fingerprint density at radius 1 is 1.33 bits per heavy atom. The van der Waals surface area contributed by atoms with Gasteiger partial charge in [-0.15, -0.1) is 0 Å². The number of benzene rings is 1. The van der Waals surface area contributed by atoms with Crippen molar-refractivity contribution in [2.24, 2.45) is 0 Å². The molecule has 1 aromatic heterocycles. The summed E-state index contributed by atoms with van der Waals surface area (Å²) in [5.41, 5.74) is 0.929. The van der Waals surface area contributed by atoms with Crippen LogP contribution in [0.4, 0.5) is 0 Å². The fourth-order valence-corrected chi connectivity index (χ4v) is 1.97. The molecule has 4 heteroatoms. The number of aromatic amines is 1. The van der Waals surface area contributed by atoms with Crippen LogP contribution in [0.2, 0.25) is 0 Å². The van der Waals surface area contributed by atoms with Gasteiger partial charge in [0.15, 0.2) is 5.16 Å². The molecular formula is C11H12N2OS. The summed E-state index contributed by atoms with van der Waals surface area (Å²) in [4.78, 5) is 8.26. The van der Waals surface area contributed by atoms with Crippen molar-refractivity contribution in [3.05, 3.63) is 42.2 Å². The van der Waals surface area contributed by atoms with Crippen molar-refractivity contribution in [1.82, 2.24) is 9.97 Å². The Balaban J connectivity index is 2.11. The molecule has 1 heterocycles. The van der Waals surface area contributed by atoms with Gasteiger partial charge in [-0.1, -0.05) is 23.9 Å². The van der Waals surface area contributed by atoms with Gasteiger partial charge < -0.3 is 10.1 Å². The number of aliphatic hydroxyl groups excluding tert-OH is 1. The molecular weight excluding hydrogens is 208 g/mol. The molecule has 0 aliphatic rings. The molecule has 0 radical (unpaired) electrons. The van der Waals surface area contributed by atoms with Crippen LogP contribution in [-0.4, -0.2) is 15.1 Å². The molecule has 15 heavy (non-hydrogen) atoms. The first-order chi connectivity index (χ1) is 7.25. The molecule has 78 valence electrons. The van der Waals surface area contributed by atoms with Crippen molar-refractivity contribution in [3.63, 3.8) is 0 Å². The van der Waals surface area contributed by atoms with Gasteiger partial charge in [-0.2, -0.15) is 0 Å². The van der Waals surface area contributed by atoms with Crippen LogP contribution in [0.5, 0.6) is 0 Å². The van der Waals surface area contributed by atoms with Crippen LogP contribution in [-0.2, 0) is 0 Å². The number of imidazole rings is 1. The van der Waals surface area contributed by atoms with Gasteiger partial charge in [-0.05, 0) is 24.6 Å². The summed E-state index contributed by atoms with van der Waals surface area (Å²) >= 11 is 1.57. The van der Waals surface area contributed by atoms with Crippen molar-refractivity contribution in [2.75, 3.05) is 0 Å². The largest absolute Gasteiger partial charge is 0.389 e. The van der Waals surface area contributed by atoms with Crippen LogP contribution in [0.3, 0.4) is 0 Å². The van der Waals surface area contributed by atoms with Crippen LogP contribution in [0.1, 0.15) is 18.6 Å². The number of nitrogens with zero attached hydrogens (tertiary/aromatic N) is 1. The SMILES string of the molecule is C[C@H](O)c1ccc(Sc2ncc[nH]2)cc1. The normalized spacial score (nSPS) is 12.7. The summed E-state index contributed by atoms with van der Waals surface area (Å²) in [5, 5.41) is 10.2. The zero-order chi connectivity index (χ0) is 10.7. The van der Waals surface area contributed by atoms with Crippen LogP contribution >= 0.6 is 11.8 Å². The number of rotatable bonds is 3. The fourth-order valence-electron chi connectivity index (χ4n) is 1.23. The smallest absolute Gasteiger partial charge is 0.170 e. The van der Waals surface area contributed by atoms with E-state index >= 15 is 0 Å². The third-order valence-electron chi connectivity index (χ3n) is 2.05. The fraction of sp³-hybridized carbons (Fsp3) is 0.182. The Kier molecular flexibility index (Phi) is 3.08. The van der Waals surface area contributed by atoms with Crippen molar-refractivity contribution < 1.29 is 5.11 Å². The molecule has 0 saturated carbocycles. The summed E-state index contributed by atoms with van der Waals surface area (Å²) in [7, 11) is 0. The quantitative estimate of drug-likeness (QED) is 0.836. The van der Waals surface area contributed by atoms with Crippen LogP contribution < -0.4 is 0 Å². The Bertz CT molecular complexity index is 409. The van der Waals surface area contributed by atoms with Crippen molar-refractivity contribution in [2.45, 2.75) is 23.1 Å². The summed E-state index contributed by atoms with van der Waals surface area (Å²) in [5.74, 6) is 0. The third kappa shape index (κ3) is 2.61. The first-order valence-corrected chi connectivity index (χ1v) is 5.52. The molecule has 0 aliphatic carbocycles. The van der Waals surface area contributed by atoms with Crippen molar-refractivity contribution >= 4 is 11.8 Å². The average molecular weight is 220 g/mol. The molecule has 0 bridgehead atoms. The van der Waals surface area contributed by atoms with Crippen LogP contribution in [0, 0.1) is 0 Å². The Morgan fingerprint density at radius 2 is 2.07 bits per heavy atom. The lowest BCUT2D eigenvalue weighted by Crippen LogP contribution is -1.89. The minimum atomic E-state index is -0.410. The molecule has 0 spiro atoms. The molecule has 2 rings (SSSR count). The summed E-state index contributed by atoms with van der Waals surface area (Å²) in [6, 6.07) is 7.82. The first-order valence-electron chi connectivity index (χ1n) is 4.71. The van der Waals surface area contributed by atoms with Gasteiger partial charge in [-0.25, -0.2) is 4.98 Å². The average Bonchev–Trinajstić information content (AvgIpc) is 2.71. The molecule has 0 fully saturated rings. The van der Waals surface area contributed by atoms with Gasteiger partial charge in [0, 0.05) is 17.3 Å². The lowest BCUT2D eigenvalue weighted by molar-refractivity contribution is 0.199. The second-order valence-corrected chi connectivity index (χ2v) is 4.30. The van der Waals surface area contributed by atoms with E-state index in [0.717, 1.165) is 15.6 Å². The molecule has 0 aliphatic heterocycles. The van der Waals surface area contributed by atoms with Crippen molar-refractivity contribution in [3.8, 4) is 0 Å². The van der Waals surface area contributed by atoms with E-state index in [1.165, 1.54) is 0 Å². The van der Waals surface area contributed by atoms with Crippen LogP contribution in [0.15, 0.2) is 46.7 Å². The zero-order valence-corrected chi connectivity index (χ0v) is 9.16. The van der Waals surface area contributed by atoms with E-state index in [-0.39, 0.29) is 0 Å². The molecule has 0 unspecified atom stereocenters. The maximum Gasteiger partial charge on any atom is 0.170 e. The predicted molar refractivity (Wildman–Crippen MR) is 59.8 cm³/mol. The second kappa shape index (κ2) is 4.51. The van der Waals surface area contributed by atoms with E-state index in [2.05, 4.69) is 9.97 Å². The highest BCUT2D eigenvalue weighted by Crippen LogP contribution is 2.25. The first kappa shape index (κ1) is 10.3. The lowest BCUT2D eigenvalue weighted by atomic mass is 10.1. The van der Waals surface area contributed by atoms with E-state index in [0.29, 0.717) is 0 Å². The molecule has 3 nitrogen and oxygen atoms in total. The zero-order valence-electron chi connectivity index (χ0n) is 8.34.